The van der Waals surface area contributed by atoms with Gasteiger partial charge in [0.1, 0.15) is 5.65 Å². The molecule has 5 heterocycles. The first-order chi connectivity index (χ1) is 14.1. The van der Waals surface area contributed by atoms with Crippen LogP contribution in [0.5, 0.6) is 0 Å². The van der Waals surface area contributed by atoms with Crippen molar-refractivity contribution in [2.75, 3.05) is 24.7 Å². The smallest absolute Gasteiger partial charge is 0.226 e. The lowest BCUT2D eigenvalue weighted by Gasteiger charge is -2.33. The molecule has 1 fully saturated rings. The minimum atomic E-state index is 0.212. The van der Waals surface area contributed by atoms with Crippen LogP contribution in [0.3, 0.4) is 0 Å². The molecule has 8 nitrogen and oxygen atoms in total. The molecule has 0 spiro atoms. The van der Waals surface area contributed by atoms with Gasteiger partial charge in [0.15, 0.2) is 0 Å². The van der Waals surface area contributed by atoms with E-state index in [-0.39, 0.29) is 6.04 Å². The van der Waals surface area contributed by atoms with E-state index in [9.17, 15) is 0 Å². The van der Waals surface area contributed by atoms with E-state index in [2.05, 4.69) is 33.8 Å². The number of aromatic amines is 1. The minimum absolute atomic E-state index is 0.212. The average molecular weight is 389 g/mol. The zero-order valence-electron chi connectivity index (χ0n) is 16.8. The van der Waals surface area contributed by atoms with Crippen molar-refractivity contribution in [2.24, 2.45) is 7.05 Å². The quantitative estimate of drug-likeness (QED) is 0.580. The van der Waals surface area contributed by atoms with E-state index in [4.69, 9.17) is 14.7 Å². The van der Waals surface area contributed by atoms with Gasteiger partial charge in [-0.25, -0.2) is 15.0 Å². The average Bonchev–Trinajstić information content (AvgIpc) is 3.34. The third-order valence-electron chi connectivity index (χ3n) is 5.44. The molecule has 1 aliphatic heterocycles. The van der Waals surface area contributed by atoms with Crippen molar-refractivity contribution in [3.63, 3.8) is 0 Å². The summed E-state index contributed by atoms with van der Waals surface area (Å²) in [5.41, 5.74) is 5.69. The first-order valence-corrected chi connectivity index (χ1v) is 9.76. The fourth-order valence-corrected chi connectivity index (χ4v) is 3.95. The highest BCUT2D eigenvalue weighted by molar-refractivity contribution is 5.92. The number of hydrogen-bond donors (Lipinski definition) is 1. The minimum Gasteiger partial charge on any atom is -0.377 e. The second kappa shape index (κ2) is 6.97. The van der Waals surface area contributed by atoms with E-state index in [1.165, 1.54) is 0 Å². The number of ether oxygens (including phenoxy) is 1. The molecular weight excluding hydrogens is 366 g/mol. The molecule has 0 saturated carbocycles. The van der Waals surface area contributed by atoms with E-state index < -0.39 is 0 Å². The van der Waals surface area contributed by atoms with Gasteiger partial charge >= 0.3 is 0 Å². The zero-order valence-corrected chi connectivity index (χ0v) is 16.8. The number of H-pyrrole nitrogens is 1. The Kier molecular flexibility index (Phi) is 4.28. The van der Waals surface area contributed by atoms with Crippen molar-refractivity contribution in [1.29, 1.82) is 0 Å². The summed E-state index contributed by atoms with van der Waals surface area (Å²) in [6, 6.07) is 6.29. The van der Waals surface area contributed by atoms with Gasteiger partial charge in [-0.05, 0) is 37.6 Å². The molecule has 0 amide bonds. The molecule has 5 rings (SSSR count). The van der Waals surface area contributed by atoms with Crippen LogP contribution in [-0.2, 0) is 11.8 Å². The van der Waals surface area contributed by atoms with Gasteiger partial charge in [-0.15, -0.1) is 0 Å². The molecule has 4 aromatic heterocycles. The van der Waals surface area contributed by atoms with Crippen LogP contribution in [0.25, 0.3) is 33.7 Å². The molecule has 29 heavy (non-hydrogen) atoms. The maximum absolute atomic E-state index is 5.61. The van der Waals surface area contributed by atoms with E-state index in [0.717, 1.165) is 51.7 Å². The lowest BCUT2D eigenvalue weighted by Crippen LogP contribution is -2.44. The van der Waals surface area contributed by atoms with Gasteiger partial charge in [0.05, 0.1) is 42.5 Å². The fourth-order valence-electron chi connectivity index (χ4n) is 3.95. The molecule has 0 unspecified atom stereocenters. The maximum Gasteiger partial charge on any atom is 0.226 e. The summed E-state index contributed by atoms with van der Waals surface area (Å²) in [5, 5.41) is 5.44. The maximum atomic E-state index is 5.61. The highest BCUT2D eigenvalue weighted by atomic mass is 16.5. The van der Waals surface area contributed by atoms with E-state index in [0.29, 0.717) is 13.2 Å². The monoisotopic (exact) mass is 389 g/mol. The number of aromatic nitrogens is 6. The molecule has 0 bridgehead atoms. The van der Waals surface area contributed by atoms with Crippen molar-refractivity contribution in [1.82, 2.24) is 29.7 Å². The Morgan fingerprint density at radius 3 is 2.86 bits per heavy atom. The van der Waals surface area contributed by atoms with Crippen LogP contribution in [0, 0.1) is 6.92 Å². The largest absolute Gasteiger partial charge is 0.377 e. The molecular formula is C21H23N7O. The number of rotatable bonds is 3. The molecule has 0 radical (unpaired) electrons. The predicted octanol–water partition coefficient (Wildman–Crippen LogP) is 2.95. The number of pyridine rings is 1. The Hall–Kier alpha value is -3.26. The van der Waals surface area contributed by atoms with Crippen LogP contribution in [-0.4, -0.2) is 55.5 Å². The molecule has 1 aliphatic rings. The van der Waals surface area contributed by atoms with Crippen LogP contribution in [0.1, 0.15) is 12.5 Å². The number of fused-ring (bicyclic) bond motifs is 1. The molecule has 148 valence electrons. The zero-order chi connectivity index (χ0) is 20.0. The molecule has 1 saturated heterocycles. The first-order valence-electron chi connectivity index (χ1n) is 9.76. The summed E-state index contributed by atoms with van der Waals surface area (Å²) in [6.45, 7) is 6.31. The van der Waals surface area contributed by atoms with Gasteiger partial charge in [-0.1, -0.05) is 0 Å². The van der Waals surface area contributed by atoms with Gasteiger partial charge in [0, 0.05) is 36.9 Å². The second-order valence-electron chi connectivity index (χ2n) is 7.45. The van der Waals surface area contributed by atoms with Crippen LogP contribution < -0.4 is 4.90 Å². The molecule has 8 heteroatoms. The summed E-state index contributed by atoms with van der Waals surface area (Å²) in [5.74, 6) is 0.717. The highest BCUT2D eigenvalue weighted by Crippen LogP contribution is 2.31. The lowest BCUT2D eigenvalue weighted by molar-refractivity contribution is 0.0981. The molecule has 4 aromatic rings. The SMILES string of the molecule is Cc1cnn(C)c1-c1cc(-c2ccnc3[nH]ccc23)nc(N2CCOC[C@H]2C)n1. The lowest BCUT2D eigenvalue weighted by atomic mass is 10.1. The number of nitrogens with zero attached hydrogens (tertiary/aromatic N) is 6. The molecule has 1 N–H and O–H groups in total. The van der Waals surface area contributed by atoms with Crippen LogP contribution >= 0.6 is 0 Å². The Morgan fingerprint density at radius 1 is 1.21 bits per heavy atom. The summed E-state index contributed by atoms with van der Waals surface area (Å²) in [6.07, 6.45) is 5.58. The predicted molar refractivity (Wildman–Crippen MR) is 112 cm³/mol. The van der Waals surface area contributed by atoms with Crippen molar-refractivity contribution < 1.29 is 4.74 Å². The summed E-state index contributed by atoms with van der Waals surface area (Å²) >= 11 is 0. The Labute approximate surface area is 168 Å². The van der Waals surface area contributed by atoms with E-state index in [1.807, 2.05) is 48.5 Å². The Balaban J connectivity index is 1.73. The molecule has 1 atom stereocenters. The van der Waals surface area contributed by atoms with Crippen LogP contribution in [0.4, 0.5) is 5.95 Å². The third-order valence-corrected chi connectivity index (χ3v) is 5.44. The van der Waals surface area contributed by atoms with Crippen LogP contribution in [0.15, 0.2) is 36.8 Å². The van der Waals surface area contributed by atoms with Crippen LogP contribution in [0.2, 0.25) is 0 Å². The van der Waals surface area contributed by atoms with Crippen molar-refractivity contribution >= 4 is 17.0 Å². The number of aryl methyl sites for hydroxylation is 2. The molecule has 0 aromatic carbocycles. The standard InChI is InChI=1S/C21H23N7O/c1-13-11-24-27(3)19(13)18-10-17(15-4-6-22-20-16(15)5-7-23-20)25-21(26-18)28-8-9-29-12-14(28)2/h4-7,10-11,14H,8-9,12H2,1-3H3,(H,22,23)/t14-/m1/s1. The first kappa shape index (κ1) is 17.8. The Morgan fingerprint density at radius 2 is 2.07 bits per heavy atom. The second-order valence-corrected chi connectivity index (χ2v) is 7.45. The van der Waals surface area contributed by atoms with E-state index in [1.54, 1.807) is 0 Å². The normalized spacial score (nSPS) is 17.2. The van der Waals surface area contributed by atoms with Crippen molar-refractivity contribution in [2.45, 2.75) is 19.9 Å². The molecule has 0 aliphatic carbocycles. The summed E-state index contributed by atoms with van der Waals surface area (Å²) in [7, 11) is 1.94. The van der Waals surface area contributed by atoms with Gasteiger partial charge < -0.3 is 14.6 Å². The highest BCUT2D eigenvalue weighted by Gasteiger charge is 2.24. The number of nitrogens with one attached hydrogen (secondary N) is 1. The number of morpholine rings is 1. The van der Waals surface area contributed by atoms with Gasteiger partial charge in [0.2, 0.25) is 5.95 Å². The van der Waals surface area contributed by atoms with Crippen molar-refractivity contribution in [3.8, 4) is 22.6 Å². The third kappa shape index (κ3) is 3.05. The number of anilines is 1. The Bertz CT molecular complexity index is 1160. The van der Waals surface area contributed by atoms with Gasteiger partial charge in [-0.3, -0.25) is 4.68 Å². The van der Waals surface area contributed by atoms with Gasteiger partial charge in [0.25, 0.3) is 0 Å². The van der Waals surface area contributed by atoms with E-state index >= 15 is 0 Å². The topological polar surface area (TPSA) is 84.8 Å². The summed E-state index contributed by atoms with van der Waals surface area (Å²) in [4.78, 5) is 19.7. The number of hydrogen-bond acceptors (Lipinski definition) is 6. The summed E-state index contributed by atoms with van der Waals surface area (Å²) < 4.78 is 7.48. The van der Waals surface area contributed by atoms with Gasteiger partial charge in [-0.2, -0.15) is 5.10 Å². The fraction of sp³-hybridized carbons (Fsp3) is 0.333. The van der Waals surface area contributed by atoms with Crippen molar-refractivity contribution in [3.05, 3.63) is 42.4 Å².